The van der Waals surface area contributed by atoms with Crippen molar-refractivity contribution in [1.29, 1.82) is 0 Å². The van der Waals surface area contributed by atoms with E-state index in [9.17, 15) is 4.79 Å². The molecule has 1 aromatic rings. The van der Waals surface area contributed by atoms with Gasteiger partial charge in [0.05, 0.1) is 37.6 Å². The van der Waals surface area contributed by atoms with Gasteiger partial charge in [-0.2, -0.15) is 0 Å². The lowest BCUT2D eigenvalue weighted by molar-refractivity contribution is -0.120. The van der Waals surface area contributed by atoms with E-state index >= 15 is 0 Å². The van der Waals surface area contributed by atoms with Crippen molar-refractivity contribution in [3.63, 3.8) is 0 Å². The van der Waals surface area contributed by atoms with Crippen molar-refractivity contribution in [2.75, 3.05) is 44.7 Å². The Hall–Kier alpha value is -1.63. The van der Waals surface area contributed by atoms with Crippen LogP contribution in [0.4, 0.5) is 5.69 Å². The molecule has 1 amide bonds. The van der Waals surface area contributed by atoms with E-state index < -0.39 is 0 Å². The first-order valence-corrected chi connectivity index (χ1v) is 13.3. The van der Waals surface area contributed by atoms with Crippen LogP contribution < -0.4 is 32.3 Å². The molecule has 0 aliphatic carbocycles. The summed E-state index contributed by atoms with van der Waals surface area (Å²) in [6.45, 7) is 4.94. The summed E-state index contributed by atoms with van der Waals surface area (Å²) in [4.78, 5) is 15.3. The van der Waals surface area contributed by atoms with E-state index in [0.29, 0.717) is 12.5 Å². The van der Waals surface area contributed by atoms with Gasteiger partial charge in [0.15, 0.2) is 0 Å². The van der Waals surface area contributed by atoms with Gasteiger partial charge in [-0.05, 0) is 49.9 Å². The number of nitrogens with zero attached hydrogens (tertiary/aromatic N) is 1. The topological polar surface area (TPSA) is 125 Å². The number of anilines is 1. The number of fused-ring (bicyclic) bond motifs is 3. The largest absolute Gasteiger partial charge is 0.379 e. The van der Waals surface area contributed by atoms with Crippen molar-refractivity contribution in [2.24, 2.45) is 17.6 Å². The van der Waals surface area contributed by atoms with Crippen molar-refractivity contribution in [3.8, 4) is 0 Å². The molecule has 8 unspecified atom stereocenters. The van der Waals surface area contributed by atoms with E-state index in [-0.39, 0.29) is 48.7 Å². The number of nitrogens with two attached hydrogens (primary N) is 1. The van der Waals surface area contributed by atoms with Gasteiger partial charge in [0.1, 0.15) is 12.3 Å². The summed E-state index contributed by atoms with van der Waals surface area (Å²) < 4.78 is 12.2. The Morgan fingerprint density at radius 3 is 2.83 bits per heavy atom. The zero-order valence-corrected chi connectivity index (χ0v) is 20.2. The van der Waals surface area contributed by atoms with Crippen molar-refractivity contribution < 1.29 is 14.3 Å². The number of hydrogen-bond donors (Lipinski definition) is 6. The molecule has 0 radical (unpaired) electrons. The highest BCUT2D eigenvalue weighted by Gasteiger charge is 2.53. The molecule has 6 rings (SSSR count). The van der Waals surface area contributed by atoms with Crippen LogP contribution in [0.2, 0.25) is 0 Å². The fraction of sp³-hybridized carbons (Fsp3) is 0.720. The second-order valence-corrected chi connectivity index (χ2v) is 10.6. The number of ether oxygens (including phenoxy) is 2. The average Bonchev–Trinajstić information content (AvgIpc) is 3.28. The van der Waals surface area contributed by atoms with Crippen molar-refractivity contribution >= 4 is 11.6 Å². The summed E-state index contributed by atoms with van der Waals surface area (Å²) >= 11 is 0. The molecule has 5 aliphatic heterocycles. The normalized spacial score (nSPS) is 40.0. The Morgan fingerprint density at radius 1 is 1.11 bits per heavy atom. The van der Waals surface area contributed by atoms with E-state index in [1.165, 1.54) is 12.8 Å². The predicted molar refractivity (Wildman–Crippen MR) is 132 cm³/mol. The van der Waals surface area contributed by atoms with Gasteiger partial charge in [0, 0.05) is 37.3 Å². The number of carbonyl (C=O) groups excluding carboxylic acids is 1. The average molecular weight is 486 g/mol. The van der Waals surface area contributed by atoms with E-state index in [4.69, 9.17) is 15.2 Å². The second-order valence-electron chi connectivity index (χ2n) is 10.6. The van der Waals surface area contributed by atoms with Crippen LogP contribution in [0.25, 0.3) is 0 Å². The van der Waals surface area contributed by atoms with E-state index in [2.05, 4.69) is 43.6 Å². The van der Waals surface area contributed by atoms with Crippen LogP contribution in [0.3, 0.4) is 0 Å². The SMILES string of the molecule is NC1CCC(C(=O)Nc2cccc(C3NC4C5CCCNC5OC4C(N4CCOCC4)N3)c2)CN1. The summed E-state index contributed by atoms with van der Waals surface area (Å²) in [7, 11) is 0. The lowest BCUT2D eigenvalue weighted by Crippen LogP contribution is -2.68. The standard InChI is InChI=1S/C25H39N7O3/c26-19-7-6-16(14-28-19)24(33)29-17-4-1-3-15(13-17)22-30-20-18-5-2-8-27-25(18)35-21(20)23(31-22)32-9-11-34-12-10-32/h1,3-4,13,16,18-23,25,27-28,30-31H,2,5-12,14,26H2,(H,29,33). The highest BCUT2D eigenvalue weighted by molar-refractivity contribution is 5.92. The van der Waals surface area contributed by atoms with Gasteiger partial charge < -0.3 is 25.8 Å². The molecule has 1 aromatic carbocycles. The highest BCUT2D eigenvalue weighted by Crippen LogP contribution is 2.38. The number of nitrogens with one attached hydrogen (secondary N) is 5. The van der Waals surface area contributed by atoms with Crippen LogP contribution in [0.15, 0.2) is 24.3 Å². The fourth-order valence-corrected chi connectivity index (χ4v) is 6.40. The molecule has 0 saturated carbocycles. The quantitative estimate of drug-likeness (QED) is 0.345. The number of amides is 1. The van der Waals surface area contributed by atoms with Crippen LogP contribution in [0.5, 0.6) is 0 Å². The van der Waals surface area contributed by atoms with Crippen LogP contribution in [0.1, 0.15) is 37.4 Å². The smallest absolute Gasteiger partial charge is 0.228 e. The summed E-state index contributed by atoms with van der Waals surface area (Å²) in [5.74, 6) is 0.454. The maximum absolute atomic E-state index is 12.9. The Kier molecular flexibility index (Phi) is 7.05. The van der Waals surface area contributed by atoms with Crippen molar-refractivity contribution in [1.82, 2.24) is 26.2 Å². The van der Waals surface area contributed by atoms with Crippen LogP contribution in [-0.2, 0) is 14.3 Å². The number of benzene rings is 1. The molecule has 0 spiro atoms. The zero-order valence-electron chi connectivity index (χ0n) is 20.2. The molecule has 8 atom stereocenters. The van der Waals surface area contributed by atoms with Gasteiger partial charge in [-0.3, -0.25) is 25.6 Å². The van der Waals surface area contributed by atoms with Gasteiger partial charge >= 0.3 is 0 Å². The Bertz CT molecular complexity index is 890. The van der Waals surface area contributed by atoms with Crippen LogP contribution in [0, 0.1) is 11.8 Å². The zero-order chi connectivity index (χ0) is 23.8. The first-order chi connectivity index (χ1) is 17.2. The molecule has 10 nitrogen and oxygen atoms in total. The Morgan fingerprint density at radius 2 is 2.00 bits per heavy atom. The second kappa shape index (κ2) is 10.4. The minimum atomic E-state index is -0.0535. The minimum absolute atomic E-state index is 0.00686. The van der Waals surface area contributed by atoms with Gasteiger partial charge in [-0.1, -0.05) is 12.1 Å². The summed E-state index contributed by atoms with van der Waals surface area (Å²) in [6, 6.07) is 8.48. The lowest BCUT2D eigenvalue weighted by Gasteiger charge is -2.47. The number of morpholine rings is 1. The molecular formula is C25H39N7O3. The first kappa shape index (κ1) is 23.7. The van der Waals surface area contributed by atoms with Crippen LogP contribution >= 0.6 is 0 Å². The predicted octanol–water partition coefficient (Wildman–Crippen LogP) is -0.148. The molecule has 5 heterocycles. The molecule has 192 valence electrons. The molecule has 0 bridgehead atoms. The number of hydrogen-bond acceptors (Lipinski definition) is 9. The van der Waals surface area contributed by atoms with Gasteiger partial charge in [-0.25, -0.2) is 0 Å². The summed E-state index contributed by atoms with van der Waals surface area (Å²) in [6.07, 6.45) is 4.24. The van der Waals surface area contributed by atoms with Gasteiger partial charge in [0.25, 0.3) is 0 Å². The molecule has 0 aromatic heterocycles. The van der Waals surface area contributed by atoms with Crippen molar-refractivity contribution in [3.05, 3.63) is 29.8 Å². The molecule has 5 aliphatic rings. The molecule has 10 heteroatoms. The summed E-state index contributed by atoms with van der Waals surface area (Å²) in [5, 5.41) is 17.6. The van der Waals surface area contributed by atoms with E-state index in [0.717, 1.165) is 56.9 Å². The molecular weight excluding hydrogens is 446 g/mol. The highest BCUT2D eigenvalue weighted by atomic mass is 16.5. The Labute approximate surface area is 207 Å². The Balaban J connectivity index is 1.20. The third-order valence-corrected chi connectivity index (χ3v) is 8.33. The number of carbonyl (C=O) groups is 1. The third kappa shape index (κ3) is 4.99. The fourth-order valence-electron chi connectivity index (χ4n) is 6.40. The molecule has 5 saturated heterocycles. The monoisotopic (exact) mass is 485 g/mol. The lowest BCUT2D eigenvalue weighted by atomic mass is 9.86. The maximum atomic E-state index is 12.9. The maximum Gasteiger partial charge on any atom is 0.228 e. The first-order valence-electron chi connectivity index (χ1n) is 13.3. The number of piperidine rings is 2. The third-order valence-electron chi connectivity index (χ3n) is 8.33. The van der Waals surface area contributed by atoms with Crippen molar-refractivity contribution in [2.45, 2.75) is 62.6 Å². The van der Waals surface area contributed by atoms with E-state index in [1.54, 1.807) is 0 Å². The minimum Gasteiger partial charge on any atom is -0.379 e. The molecule has 5 fully saturated rings. The van der Waals surface area contributed by atoms with Crippen LogP contribution in [-0.4, -0.2) is 80.9 Å². The molecule has 35 heavy (non-hydrogen) atoms. The van der Waals surface area contributed by atoms with Gasteiger partial charge in [0.2, 0.25) is 5.91 Å². The van der Waals surface area contributed by atoms with Gasteiger partial charge in [-0.15, -0.1) is 0 Å². The molecule has 7 N–H and O–H groups in total. The summed E-state index contributed by atoms with van der Waals surface area (Å²) in [5.41, 5.74) is 7.87. The van der Waals surface area contributed by atoms with E-state index in [1.807, 2.05) is 12.1 Å². The number of rotatable bonds is 4.